The molecule has 0 bridgehead atoms. The van der Waals surface area contributed by atoms with Gasteiger partial charge in [-0.1, -0.05) is 29.8 Å². The predicted molar refractivity (Wildman–Crippen MR) is 123 cm³/mol. The first-order valence-electron chi connectivity index (χ1n) is 11.3. The minimum absolute atomic E-state index is 0.0418. The molecule has 166 valence electrons. The maximum absolute atomic E-state index is 12.1. The van der Waals surface area contributed by atoms with E-state index >= 15 is 0 Å². The third kappa shape index (κ3) is 7.83. The lowest BCUT2D eigenvalue weighted by Crippen LogP contribution is -2.38. The number of likely N-dealkylation sites (tertiary alicyclic amines) is 1. The van der Waals surface area contributed by atoms with Gasteiger partial charge < -0.3 is 10.1 Å². The van der Waals surface area contributed by atoms with Gasteiger partial charge in [0.2, 0.25) is 5.91 Å². The summed E-state index contributed by atoms with van der Waals surface area (Å²) >= 11 is 0. The Kier molecular flexibility index (Phi) is 8.65. The number of ketones is 1. The van der Waals surface area contributed by atoms with Gasteiger partial charge in [-0.15, -0.1) is 0 Å². The highest BCUT2D eigenvalue weighted by Gasteiger charge is 2.19. The van der Waals surface area contributed by atoms with Crippen molar-refractivity contribution in [3.63, 3.8) is 0 Å². The van der Waals surface area contributed by atoms with E-state index in [2.05, 4.69) is 41.4 Å². The summed E-state index contributed by atoms with van der Waals surface area (Å²) in [5, 5.41) is 3.09. The second-order valence-electron chi connectivity index (χ2n) is 8.54. The van der Waals surface area contributed by atoms with Gasteiger partial charge in [0.15, 0.2) is 5.78 Å². The summed E-state index contributed by atoms with van der Waals surface area (Å²) in [7, 11) is 0. The summed E-state index contributed by atoms with van der Waals surface area (Å²) in [6.07, 6.45) is 3.41. The van der Waals surface area contributed by atoms with Crippen molar-refractivity contribution in [2.45, 2.75) is 46.1 Å². The molecule has 0 atom stereocenters. The fraction of sp³-hybridized carbons (Fsp3) is 0.462. The lowest BCUT2D eigenvalue weighted by molar-refractivity contribution is -0.121. The van der Waals surface area contributed by atoms with Crippen LogP contribution in [0.5, 0.6) is 5.75 Å². The van der Waals surface area contributed by atoms with E-state index in [1.54, 1.807) is 31.2 Å². The predicted octanol–water partition coefficient (Wildman–Crippen LogP) is 4.39. The van der Waals surface area contributed by atoms with E-state index in [-0.39, 0.29) is 11.7 Å². The number of hydrogen-bond acceptors (Lipinski definition) is 4. The maximum atomic E-state index is 12.1. The molecule has 2 aromatic carbocycles. The SMILES string of the molecule is CC(=O)c1ccc(OCCCC(=O)NCC2CCN(Cc3ccc(C)cc3)CC2)cc1. The number of amides is 1. The normalized spacial score (nSPS) is 14.9. The molecule has 0 unspecified atom stereocenters. The molecule has 0 spiro atoms. The third-order valence-electron chi connectivity index (χ3n) is 5.90. The smallest absolute Gasteiger partial charge is 0.220 e. The highest BCUT2D eigenvalue weighted by atomic mass is 16.5. The average molecular weight is 423 g/mol. The maximum Gasteiger partial charge on any atom is 0.220 e. The topological polar surface area (TPSA) is 58.6 Å². The molecular weight excluding hydrogens is 388 g/mol. The molecule has 31 heavy (non-hydrogen) atoms. The number of Topliss-reactive ketones (excluding diaryl/α,β-unsaturated/α-hetero) is 1. The summed E-state index contributed by atoms with van der Waals surface area (Å²) in [5.74, 6) is 1.43. The van der Waals surface area contributed by atoms with Gasteiger partial charge >= 0.3 is 0 Å². The standard InChI is InChI=1S/C26H34N2O3/c1-20-5-7-23(8-6-20)19-28-15-13-22(14-16-28)18-27-26(30)4-3-17-31-25-11-9-24(10-12-25)21(2)29/h5-12,22H,3-4,13-19H2,1-2H3,(H,27,30). The first-order valence-corrected chi connectivity index (χ1v) is 11.3. The lowest BCUT2D eigenvalue weighted by Gasteiger charge is -2.32. The van der Waals surface area contributed by atoms with E-state index in [4.69, 9.17) is 4.74 Å². The van der Waals surface area contributed by atoms with E-state index in [0.717, 1.165) is 44.8 Å². The summed E-state index contributed by atoms with van der Waals surface area (Å²) in [4.78, 5) is 25.9. The largest absolute Gasteiger partial charge is 0.494 e. The van der Waals surface area contributed by atoms with Crippen molar-refractivity contribution in [3.05, 3.63) is 65.2 Å². The number of nitrogens with one attached hydrogen (secondary N) is 1. The molecule has 0 aromatic heterocycles. The minimum Gasteiger partial charge on any atom is -0.494 e. The highest BCUT2D eigenvalue weighted by Crippen LogP contribution is 2.19. The van der Waals surface area contributed by atoms with Crippen molar-refractivity contribution >= 4 is 11.7 Å². The Hall–Kier alpha value is -2.66. The zero-order chi connectivity index (χ0) is 22.1. The number of carbonyl (C=O) groups is 2. The van der Waals surface area contributed by atoms with E-state index < -0.39 is 0 Å². The average Bonchev–Trinajstić information content (AvgIpc) is 2.78. The molecule has 1 heterocycles. The molecular formula is C26H34N2O3. The Bertz CT molecular complexity index is 838. The van der Waals surface area contributed by atoms with Crippen molar-refractivity contribution in [2.24, 2.45) is 5.92 Å². The molecule has 1 aliphatic rings. The zero-order valence-corrected chi connectivity index (χ0v) is 18.7. The zero-order valence-electron chi connectivity index (χ0n) is 18.7. The molecule has 1 aliphatic heterocycles. The number of hydrogen-bond donors (Lipinski definition) is 1. The molecule has 0 radical (unpaired) electrons. The van der Waals surface area contributed by atoms with Gasteiger partial charge in [0, 0.05) is 25.1 Å². The number of piperidine rings is 1. The first kappa shape index (κ1) is 23.0. The van der Waals surface area contributed by atoms with Crippen LogP contribution in [0.25, 0.3) is 0 Å². The van der Waals surface area contributed by atoms with Crippen LogP contribution in [0.15, 0.2) is 48.5 Å². The summed E-state index contributed by atoms with van der Waals surface area (Å²) in [5.41, 5.74) is 3.34. The summed E-state index contributed by atoms with van der Waals surface area (Å²) < 4.78 is 5.66. The van der Waals surface area contributed by atoms with E-state index in [1.807, 2.05) is 0 Å². The van der Waals surface area contributed by atoms with Crippen LogP contribution in [0.1, 0.15) is 54.1 Å². The van der Waals surface area contributed by atoms with Crippen molar-refractivity contribution in [1.82, 2.24) is 10.2 Å². The molecule has 2 aromatic rings. The lowest BCUT2D eigenvalue weighted by atomic mass is 9.96. The van der Waals surface area contributed by atoms with Gasteiger partial charge in [0.25, 0.3) is 0 Å². The van der Waals surface area contributed by atoms with Crippen molar-refractivity contribution in [2.75, 3.05) is 26.2 Å². The second-order valence-corrected chi connectivity index (χ2v) is 8.54. The Morgan fingerprint density at radius 2 is 1.71 bits per heavy atom. The van der Waals surface area contributed by atoms with Crippen LogP contribution in [0.2, 0.25) is 0 Å². The monoisotopic (exact) mass is 422 g/mol. The molecule has 5 heteroatoms. The summed E-state index contributed by atoms with van der Waals surface area (Å²) in [6.45, 7) is 8.11. The molecule has 0 saturated carbocycles. The number of carbonyl (C=O) groups excluding carboxylic acids is 2. The number of aryl methyl sites for hydroxylation is 1. The molecule has 5 nitrogen and oxygen atoms in total. The van der Waals surface area contributed by atoms with Crippen LogP contribution in [0, 0.1) is 12.8 Å². The van der Waals surface area contributed by atoms with Crippen LogP contribution in [0.3, 0.4) is 0 Å². The van der Waals surface area contributed by atoms with Crippen molar-refractivity contribution in [1.29, 1.82) is 0 Å². The Labute approximate surface area is 185 Å². The van der Waals surface area contributed by atoms with E-state index in [1.165, 1.54) is 11.1 Å². The van der Waals surface area contributed by atoms with E-state index in [0.29, 0.717) is 30.9 Å². The minimum atomic E-state index is 0.0418. The van der Waals surface area contributed by atoms with Gasteiger partial charge in [-0.3, -0.25) is 14.5 Å². The molecule has 1 fully saturated rings. The highest BCUT2D eigenvalue weighted by molar-refractivity contribution is 5.94. The molecule has 1 N–H and O–H groups in total. The Balaban J connectivity index is 1.25. The van der Waals surface area contributed by atoms with Crippen LogP contribution in [0.4, 0.5) is 0 Å². The van der Waals surface area contributed by atoms with Crippen LogP contribution in [-0.4, -0.2) is 42.8 Å². The second kappa shape index (κ2) is 11.7. The number of nitrogens with zero attached hydrogens (tertiary/aromatic N) is 1. The van der Waals surface area contributed by atoms with Crippen molar-refractivity contribution < 1.29 is 14.3 Å². The van der Waals surface area contributed by atoms with Crippen molar-refractivity contribution in [3.8, 4) is 5.75 Å². The third-order valence-corrected chi connectivity index (χ3v) is 5.90. The van der Waals surface area contributed by atoms with E-state index in [9.17, 15) is 9.59 Å². The van der Waals surface area contributed by atoms with Gasteiger partial charge in [-0.05, 0) is 81.9 Å². The number of rotatable bonds is 10. The van der Waals surface area contributed by atoms with Crippen LogP contribution >= 0.6 is 0 Å². The molecule has 3 rings (SSSR count). The van der Waals surface area contributed by atoms with Crippen LogP contribution < -0.4 is 10.1 Å². The summed E-state index contributed by atoms with van der Waals surface area (Å²) in [6, 6.07) is 15.9. The fourth-order valence-corrected chi connectivity index (χ4v) is 3.86. The molecule has 0 aliphatic carbocycles. The van der Waals surface area contributed by atoms with Gasteiger partial charge in [-0.25, -0.2) is 0 Å². The molecule has 1 saturated heterocycles. The van der Waals surface area contributed by atoms with Crippen LogP contribution in [-0.2, 0) is 11.3 Å². The first-order chi connectivity index (χ1) is 15.0. The van der Waals surface area contributed by atoms with Gasteiger partial charge in [0.05, 0.1) is 6.61 Å². The van der Waals surface area contributed by atoms with Gasteiger partial charge in [-0.2, -0.15) is 0 Å². The number of benzene rings is 2. The molecule has 1 amide bonds. The van der Waals surface area contributed by atoms with Gasteiger partial charge in [0.1, 0.15) is 5.75 Å². The Morgan fingerprint density at radius 1 is 1.03 bits per heavy atom. The fourth-order valence-electron chi connectivity index (χ4n) is 3.86. The quantitative estimate of drug-likeness (QED) is 0.456. The number of ether oxygens (including phenoxy) is 1. The Morgan fingerprint density at radius 3 is 2.35 bits per heavy atom.